The van der Waals surface area contributed by atoms with Gasteiger partial charge < -0.3 is 16.6 Å². The van der Waals surface area contributed by atoms with Crippen LogP contribution < -0.4 is 11.5 Å². The van der Waals surface area contributed by atoms with Gasteiger partial charge in [-0.05, 0) is 12.1 Å². The molecule has 0 fully saturated rings. The number of hydrogen-bond donors (Lipinski definition) is 3. The van der Waals surface area contributed by atoms with Gasteiger partial charge in [0.15, 0.2) is 5.69 Å². The van der Waals surface area contributed by atoms with E-state index in [1.807, 2.05) is 0 Å². The molecule has 0 saturated heterocycles. The van der Waals surface area contributed by atoms with Gasteiger partial charge in [0.2, 0.25) is 0 Å². The molecule has 0 atom stereocenters. The van der Waals surface area contributed by atoms with Crippen LogP contribution >= 0.6 is 0 Å². The number of phenols is 1. The number of carbonyl (C=O) groups is 1. The van der Waals surface area contributed by atoms with Gasteiger partial charge in [-0.15, -0.1) is 10.2 Å². The molecule has 110 valence electrons. The van der Waals surface area contributed by atoms with Crippen molar-refractivity contribution in [1.29, 1.82) is 0 Å². The number of phenolic OH excluding ortho intramolecular Hbond substituents is 1. The Hall–Kier alpha value is -3.22. The number of aromatic hydroxyl groups is 1. The summed E-state index contributed by atoms with van der Waals surface area (Å²) in [6, 6.07) is 8.80. The van der Waals surface area contributed by atoms with Gasteiger partial charge in [0.1, 0.15) is 17.1 Å². The molecule has 2 aromatic carbocycles. The van der Waals surface area contributed by atoms with Gasteiger partial charge >= 0.3 is 0 Å². The number of rotatable bonds is 2. The number of nitrogen functional groups attached to an aromatic ring is 1. The van der Waals surface area contributed by atoms with E-state index in [9.17, 15) is 14.3 Å². The van der Waals surface area contributed by atoms with Gasteiger partial charge in [0.25, 0.3) is 5.91 Å². The van der Waals surface area contributed by atoms with E-state index in [1.54, 1.807) is 18.2 Å². The van der Waals surface area contributed by atoms with Crippen LogP contribution in [0.3, 0.4) is 0 Å². The quantitative estimate of drug-likeness (QED) is 0.667. The molecule has 0 unspecified atom stereocenters. The maximum absolute atomic E-state index is 14.1. The summed E-state index contributed by atoms with van der Waals surface area (Å²) in [5, 5.41) is 17.9. The molecule has 0 saturated carbocycles. The third-order valence-electron chi connectivity index (χ3n) is 3.33. The van der Waals surface area contributed by atoms with Crippen molar-refractivity contribution >= 4 is 22.5 Å². The van der Waals surface area contributed by atoms with Crippen LogP contribution in [0, 0.1) is 5.82 Å². The molecule has 0 aliphatic rings. The van der Waals surface area contributed by atoms with Crippen molar-refractivity contribution in [1.82, 2.24) is 10.2 Å². The number of halogens is 1. The van der Waals surface area contributed by atoms with E-state index in [0.29, 0.717) is 10.9 Å². The monoisotopic (exact) mass is 298 g/mol. The lowest BCUT2D eigenvalue weighted by Crippen LogP contribution is -2.16. The topological polar surface area (TPSA) is 115 Å². The van der Waals surface area contributed by atoms with Crippen molar-refractivity contribution in [3.8, 4) is 16.9 Å². The average Bonchev–Trinajstić information content (AvgIpc) is 2.47. The number of benzene rings is 2. The first-order valence-electron chi connectivity index (χ1n) is 6.33. The van der Waals surface area contributed by atoms with E-state index in [0.717, 1.165) is 0 Å². The number of hydrogen-bond acceptors (Lipinski definition) is 5. The molecule has 1 amide bonds. The molecule has 6 nitrogen and oxygen atoms in total. The summed E-state index contributed by atoms with van der Waals surface area (Å²) < 4.78 is 14.1. The fourth-order valence-electron chi connectivity index (χ4n) is 2.31. The second-order valence-corrected chi connectivity index (χ2v) is 4.66. The van der Waals surface area contributed by atoms with E-state index in [2.05, 4.69) is 10.2 Å². The maximum Gasteiger partial charge on any atom is 0.271 e. The molecule has 1 aromatic heterocycles. The number of aromatic nitrogens is 2. The summed E-state index contributed by atoms with van der Waals surface area (Å²) in [7, 11) is 0. The summed E-state index contributed by atoms with van der Waals surface area (Å²) in [6.07, 6.45) is 0. The lowest BCUT2D eigenvalue weighted by atomic mass is 10.00. The van der Waals surface area contributed by atoms with Crippen molar-refractivity contribution in [2.45, 2.75) is 0 Å². The third-order valence-corrected chi connectivity index (χ3v) is 3.33. The molecular weight excluding hydrogens is 287 g/mol. The molecule has 0 spiro atoms. The molecular formula is C15H11FN4O2. The second kappa shape index (κ2) is 4.96. The van der Waals surface area contributed by atoms with Crippen LogP contribution in [-0.2, 0) is 0 Å². The molecule has 3 aromatic rings. The van der Waals surface area contributed by atoms with E-state index < -0.39 is 11.7 Å². The molecule has 7 heteroatoms. The Kier molecular flexibility index (Phi) is 3.10. The van der Waals surface area contributed by atoms with Gasteiger partial charge in [-0.2, -0.15) is 0 Å². The van der Waals surface area contributed by atoms with E-state index in [4.69, 9.17) is 11.5 Å². The van der Waals surface area contributed by atoms with Crippen LogP contribution in [0.4, 0.5) is 10.1 Å². The number of amides is 1. The zero-order valence-corrected chi connectivity index (χ0v) is 11.2. The van der Waals surface area contributed by atoms with E-state index in [1.165, 1.54) is 18.2 Å². The fraction of sp³-hybridized carbons (Fsp3) is 0. The Labute approximate surface area is 124 Å². The Balaban J connectivity index is 2.38. The summed E-state index contributed by atoms with van der Waals surface area (Å²) in [6.45, 7) is 0. The predicted octanol–water partition coefficient (Wildman–Crippen LogP) is 1.82. The fourth-order valence-corrected chi connectivity index (χ4v) is 2.31. The minimum absolute atomic E-state index is 0.00590. The second-order valence-electron chi connectivity index (χ2n) is 4.66. The largest absolute Gasteiger partial charge is 0.507 e. The van der Waals surface area contributed by atoms with Crippen molar-refractivity contribution in [2.24, 2.45) is 5.73 Å². The Morgan fingerprint density at radius 3 is 2.55 bits per heavy atom. The Bertz CT molecular complexity index is 891. The van der Waals surface area contributed by atoms with Crippen LogP contribution in [0.1, 0.15) is 10.5 Å². The smallest absolute Gasteiger partial charge is 0.271 e. The molecule has 0 bridgehead atoms. The highest BCUT2D eigenvalue weighted by Gasteiger charge is 2.18. The highest BCUT2D eigenvalue weighted by Crippen LogP contribution is 2.36. The summed E-state index contributed by atoms with van der Waals surface area (Å²) in [5.41, 5.74) is 11.6. The lowest BCUT2D eigenvalue weighted by molar-refractivity contribution is 0.0996. The maximum atomic E-state index is 14.1. The third kappa shape index (κ3) is 1.99. The Morgan fingerprint density at radius 1 is 1.14 bits per heavy atom. The van der Waals surface area contributed by atoms with Crippen LogP contribution in [0.5, 0.6) is 5.75 Å². The standard InChI is InChI=1S/C15H11FN4O2/c16-9-5-2-6-10(21)11(9)7-3-1-4-8-12(17)14(15(18)22)20-19-13(7)8/h1-6,21H,(H2,17,19)(H2,18,22). The zero-order chi connectivity index (χ0) is 15.9. The van der Waals surface area contributed by atoms with Crippen LogP contribution in [0.2, 0.25) is 0 Å². The van der Waals surface area contributed by atoms with Gasteiger partial charge in [-0.1, -0.05) is 24.3 Å². The number of nitrogens with zero attached hydrogens (tertiary/aromatic N) is 2. The van der Waals surface area contributed by atoms with Crippen molar-refractivity contribution in [3.63, 3.8) is 0 Å². The van der Waals surface area contributed by atoms with Crippen molar-refractivity contribution in [2.75, 3.05) is 5.73 Å². The minimum atomic E-state index is -0.800. The first kappa shape index (κ1) is 13.7. The van der Waals surface area contributed by atoms with E-state index >= 15 is 0 Å². The number of fused-ring (bicyclic) bond motifs is 1. The van der Waals surface area contributed by atoms with Crippen molar-refractivity contribution < 1.29 is 14.3 Å². The van der Waals surface area contributed by atoms with Gasteiger partial charge in [0.05, 0.1) is 11.3 Å². The first-order chi connectivity index (χ1) is 10.5. The van der Waals surface area contributed by atoms with Crippen LogP contribution in [0.15, 0.2) is 36.4 Å². The van der Waals surface area contributed by atoms with E-state index in [-0.39, 0.29) is 28.2 Å². The molecule has 3 rings (SSSR count). The zero-order valence-electron chi connectivity index (χ0n) is 11.2. The number of primary amides is 1. The SMILES string of the molecule is NC(=O)c1nnc2c(-c3c(O)cccc3F)cccc2c1N. The highest BCUT2D eigenvalue weighted by molar-refractivity contribution is 6.07. The number of nitrogens with two attached hydrogens (primary N) is 2. The molecule has 5 N–H and O–H groups in total. The summed E-state index contributed by atoms with van der Waals surface area (Å²) in [4.78, 5) is 11.3. The predicted molar refractivity (Wildman–Crippen MR) is 79.5 cm³/mol. The molecule has 0 aliphatic heterocycles. The van der Waals surface area contributed by atoms with Gasteiger partial charge in [-0.25, -0.2) is 4.39 Å². The number of carbonyl (C=O) groups excluding carboxylic acids is 1. The Morgan fingerprint density at radius 2 is 1.86 bits per heavy atom. The minimum Gasteiger partial charge on any atom is -0.507 e. The summed E-state index contributed by atoms with van der Waals surface area (Å²) in [5.74, 6) is -1.63. The molecule has 0 aliphatic carbocycles. The summed E-state index contributed by atoms with van der Waals surface area (Å²) >= 11 is 0. The van der Waals surface area contributed by atoms with Crippen LogP contribution in [-0.4, -0.2) is 21.2 Å². The first-order valence-corrected chi connectivity index (χ1v) is 6.33. The average molecular weight is 298 g/mol. The van der Waals surface area contributed by atoms with Gasteiger partial charge in [-0.3, -0.25) is 4.79 Å². The lowest BCUT2D eigenvalue weighted by Gasteiger charge is -2.10. The van der Waals surface area contributed by atoms with Gasteiger partial charge in [0, 0.05) is 10.9 Å². The molecule has 1 heterocycles. The normalized spacial score (nSPS) is 10.8. The van der Waals surface area contributed by atoms with Crippen LogP contribution in [0.25, 0.3) is 22.0 Å². The highest BCUT2D eigenvalue weighted by atomic mass is 19.1. The molecule has 22 heavy (non-hydrogen) atoms. The molecule has 0 radical (unpaired) electrons. The number of anilines is 1. The van der Waals surface area contributed by atoms with Crippen molar-refractivity contribution in [3.05, 3.63) is 47.9 Å².